The first-order chi connectivity index (χ1) is 7.68. The maximum atomic E-state index is 5.91. The van der Waals surface area contributed by atoms with E-state index in [2.05, 4.69) is 20.8 Å². The normalized spacial score (nSPS) is 19.6. The standard InChI is InChI=1S/C11H17ClN4.ClH/c1-7-8(2)11(16-15-10(7)12)14-9-4-3-5-13-6-9;/h9,13H,3-6H2,1-2H3,(H,14,16);1H/t9-;/m1./s1. The van der Waals surface area contributed by atoms with Gasteiger partial charge < -0.3 is 10.6 Å². The number of piperidine rings is 1. The molecule has 1 aliphatic rings. The van der Waals surface area contributed by atoms with E-state index >= 15 is 0 Å². The van der Waals surface area contributed by atoms with Gasteiger partial charge >= 0.3 is 0 Å². The third-order valence-electron chi connectivity index (χ3n) is 3.10. The van der Waals surface area contributed by atoms with Crippen molar-refractivity contribution in [3.63, 3.8) is 0 Å². The molecule has 6 heteroatoms. The molecule has 2 rings (SSSR count). The Hall–Kier alpha value is -0.580. The van der Waals surface area contributed by atoms with Crippen LogP contribution in [0.25, 0.3) is 0 Å². The first kappa shape index (κ1) is 14.5. The van der Waals surface area contributed by atoms with Crippen molar-refractivity contribution in [3.8, 4) is 0 Å². The summed E-state index contributed by atoms with van der Waals surface area (Å²) in [6.45, 7) is 6.09. The van der Waals surface area contributed by atoms with E-state index in [1.165, 1.54) is 12.8 Å². The van der Waals surface area contributed by atoms with E-state index in [0.717, 1.165) is 30.0 Å². The lowest BCUT2D eigenvalue weighted by Crippen LogP contribution is -2.38. The molecule has 0 saturated carbocycles. The molecule has 1 saturated heterocycles. The van der Waals surface area contributed by atoms with Crippen LogP contribution in [0.15, 0.2) is 0 Å². The number of anilines is 1. The van der Waals surface area contributed by atoms with E-state index in [-0.39, 0.29) is 12.4 Å². The van der Waals surface area contributed by atoms with Crippen molar-refractivity contribution in [2.45, 2.75) is 32.7 Å². The number of nitrogens with one attached hydrogen (secondary N) is 2. The molecule has 1 fully saturated rings. The summed E-state index contributed by atoms with van der Waals surface area (Å²) >= 11 is 5.91. The minimum Gasteiger partial charge on any atom is -0.364 e. The number of hydrogen-bond acceptors (Lipinski definition) is 4. The highest BCUT2D eigenvalue weighted by molar-refractivity contribution is 6.30. The van der Waals surface area contributed by atoms with E-state index in [9.17, 15) is 0 Å². The third kappa shape index (κ3) is 3.44. The molecule has 96 valence electrons. The highest BCUT2D eigenvalue weighted by Crippen LogP contribution is 2.21. The van der Waals surface area contributed by atoms with Gasteiger partial charge in [0.15, 0.2) is 11.0 Å². The Morgan fingerprint density at radius 3 is 2.71 bits per heavy atom. The summed E-state index contributed by atoms with van der Waals surface area (Å²) < 4.78 is 0. The van der Waals surface area contributed by atoms with Crippen LogP contribution in [0.2, 0.25) is 5.15 Å². The molecule has 2 N–H and O–H groups in total. The average molecular weight is 277 g/mol. The fraction of sp³-hybridized carbons (Fsp3) is 0.636. The molecule has 2 heterocycles. The van der Waals surface area contributed by atoms with Crippen LogP contribution in [-0.2, 0) is 0 Å². The van der Waals surface area contributed by atoms with Gasteiger partial charge in [-0.05, 0) is 44.4 Å². The van der Waals surface area contributed by atoms with Crippen molar-refractivity contribution in [1.29, 1.82) is 0 Å². The third-order valence-corrected chi connectivity index (χ3v) is 3.46. The van der Waals surface area contributed by atoms with Gasteiger partial charge in [-0.25, -0.2) is 0 Å². The molecule has 0 aromatic carbocycles. The summed E-state index contributed by atoms with van der Waals surface area (Å²) in [5.74, 6) is 0.857. The van der Waals surface area contributed by atoms with Gasteiger partial charge in [-0.3, -0.25) is 0 Å². The van der Waals surface area contributed by atoms with Crippen molar-refractivity contribution in [2.24, 2.45) is 0 Å². The van der Waals surface area contributed by atoms with Gasteiger partial charge in [-0.1, -0.05) is 11.6 Å². The number of nitrogens with zero attached hydrogens (tertiary/aromatic N) is 2. The van der Waals surface area contributed by atoms with E-state index in [0.29, 0.717) is 11.2 Å². The van der Waals surface area contributed by atoms with Crippen molar-refractivity contribution >= 4 is 29.8 Å². The Kier molecular flexibility index (Phi) is 5.43. The molecule has 0 aliphatic carbocycles. The number of aromatic nitrogens is 2. The highest BCUT2D eigenvalue weighted by atomic mass is 35.5. The van der Waals surface area contributed by atoms with Gasteiger partial charge in [0.25, 0.3) is 0 Å². The largest absolute Gasteiger partial charge is 0.364 e. The minimum absolute atomic E-state index is 0. The molecule has 0 radical (unpaired) electrons. The summed E-state index contributed by atoms with van der Waals surface area (Å²) in [5.41, 5.74) is 2.09. The quantitative estimate of drug-likeness (QED) is 0.871. The first-order valence-corrected chi connectivity index (χ1v) is 6.03. The second-order valence-electron chi connectivity index (χ2n) is 4.28. The van der Waals surface area contributed by atoms with Gasteiger partial charge in [-0.15, -0.1) is 22.6 Å². The van der Waals surface area contributed by atoms with Gasteiger partial charge in [0.05, 0.1) is 0 Å². The molecular formula is C11H18Cl2N4. The molecule has 0 amide bonds. The van der Waals surface area contributed by atoms with E-state index in [4.69, 9.17) is 11.6 Å². The van der Waals surface area contributed by atoms with Crippen LogP contribution in [0.4, 0.5) is 5.82 Å². The monoisotopic (exact) mass is 276 g/mol. The van der Waals surface area contributed by atoms with Crippen LogP contribution >= 0.6 is 24.0 Å². The van der Waals surface area contributed by atoms with Crippen molar-refractivity contribution in [3.05, 3.63) is 16.3 Å². The van der Waals surface area contributed by atoms with Crippen LogP contribution in [0.3, 0.4) is 0 Å². The van der Waals surface area contributed by atoms with Crippen molar-refractivity contribution in [1.82, 2.24) is 15.5 Å². The first-order valence-electron chi connectivity index (χ1n) is 5.65. The summed E-state index contributed by atoms with van der Waals surface area (Å²) in [6, 6.07) is 0.447. The molecule has 0 spiro atoms. The maximum Gasteiger partial charge on any atom is 0.155 e. The zero-order valence-corrected chi connectivity index (χ0v) is 11.7. The van der Waals surface area contributed by atoms with Crippen LogP contribution in [0.5, 0.6) is 0 Å². The molecular weight excluding hydrogens is 259 g/mol. The molecule has 1 aromatic heterocycles. The zero-order chi connectivity index (χ0) is 11.5. The van der Waals surface area contributed by atoms with Gasteiger partial charge in [0.2, 0.25) is 0 Å². The van der Waals surface area contributed by atoms with Crippen molar-refractivity contribution in [2.75, 3.05) is 18.4 Å². The molecule has 1 aromatic rings. The molecule has 4 nitrogen and oxygen atoms in total. The minimum atomic E-state index is 0. The lowest BCUT2D eigenvalue weighted by atomic mass is 10.1. The van der Waals surface area contributed by atoms with E-state index < -0.39 is 0 Å². The Bertz CT molecular complexity index is 378. The van der Waals surface area contributed by atoms with Gasteiger partial charge in [0, 0.05) is 12.6 Å². The number of rotatable bonds is 2. The van der Waals surface area contributed by atoms with Crippen LogP contribution in [0.1, 0.15) is 24.0 Å². The predicted octanol–water partition coefficient (Wildman–Crippen LogP) is 2.33. The molecule has 0 bridgehead atoms. The second-order valence-corrected chi connectivity index (χ2v) is 4.64. The fourth-order valence-electron chi connectivity index (χ4n) is 1.88. The topological polar surface area (TPSA) is 49.8 Å². The molecule has 1 aliphatic heterocycles. The molecule has 0 unspecified atom stereocenters. The van der Waals surface area contributed by atoms with Gasteiger partial charge in [0.1, 0.15) is 0 Å². The zero-order valence-electron chi connectivity index (χ0n) is 10.1. The lowest BCUT2D eigenvalue weighted by Gasteiger charge is -2.25. The Labute approximate surface area is 113 Å². The molecule has 1 atom stereocenters. The van der Waals surface area contributed by atoms with Crippen LogP contribution in [0, 0.1) is 13.8 Å². The summed E-state index contributed by atoms with van der Waals surface area (Å²) in [4.78, 5) is 0. The summed E-state index contributed by atoms with van der Waals surface area (Å²) in [7, 11) is 0. The van der Waals surface area contributed by atoms with Crippen molar-refractivity contribution < 1.29 is 0 Å². The van der Waals surface area contributed by atoms with E-state index in [1.54, 1.807) is 0 Å². The smallest absolute Gasteiger partial charge is 0.155 e. The Morgan fingerprint density at radius 1 is 1.29 bits per heavy atom. The SMILES string of the molecule is Cc1c(Cl)nnc(N[C@@H]2CCCNC2)c1C.Cl. The Morgan fingerprint density at radius 2 is 2.06 bits per heavy atom. The highest BCUT2D eigenvalue weighted by Gasteiger charge is 2.15. The second kappa shape index (κ2) is 6.38. The summed E-state index contributed by atoms with van der Waals surface area (Å²) in [5, 5.41) is 15.3. The van der Waals surface area contributed by atoms with Gasteiger partial charge in [-0.2, -0.15) is 0 Å². The fourth-order valence-corrected chi connectivity index (χ4v) is 2.06. The average Bonchev–Trinajstić information content (AvgIpc) is 2.31. The molecule has 17 heavy (non-hydrogen) atoms. The maximum absolute atomic E-state index is 5.91. The lowest BCUT2D eigenvalue weighted by molar-refractivity contribution is 0.478. The summed E-state index contributed by atoms with van der Waals surface area (Å²) in [6.07, 6.45) is 2.38. The number of hydrogen-bond donors (Lipinski definition) is 2. The number of halogens is 2. The van der Waals surface area contributed by atoms with Crippen LogP contribution in [-0.4, -0.2) is 29.3 Å². The Balaban J connectivity index is 0.00000144. The van der Waals surface area contributed by atoms with E-state index in [1.807, 2.05) is 13.8 Å². The predicted molar refractivity (Wildman–Crippen MR) is 73.3 cm³/mol. The van der Waals surface area contributed by atoms with Crippen LogP contribution < -0.4 is 10.6 Å².